The molecule has 1 rings (SSSR count). The van der Waals surface area contributed by atoms with Crippen molar-refractivity contribution >= 4 is 5.91 Å². The number of carbonyl (C=O) groups excluding carboxylic acids is 1. The molecule has 1 amide bonds. The van der Waals surface area contributed by atoms with Crippen molar-refractivity contribution in [3.63, 3.8) is 0 Å². The summed E-state index contributed by atoms with van der Waals surface area (Å²) < 4.78 is 0. The van der Waals surface area contributed by atoms with E-state index < -0.39 is 0 Å². The van der Waals surface area contributed by atoms with Crippen molar-refractivity contribution in [2.24, 2.45) is 5.73 Å². The van der Waals surface area contributed by atoms with E-state index in [1.165, 1.54) is 13.0 Å². The maximum absolute atomic E-state index is 11.6. The van der Waals surface area contributed by atoms with Gasteiger partial charge in [-0.05, 0) is 45.2 Å². The lowest BCUT2D eigenvalue weighted by Gasteiger charge is -2.32. The van der Waals surface area contributed by atoms with E-state index in [9.17, 15) is 4.79 Å². The number of hydrogen-bond donors (Lipinski definition) is 2. The summed E-state index contributed by atoms with van der Waals surface area (Å²) in [5.41, 5.74) is 5.41. The van der Waals surface area contributed by atoms with E-state index in [0.29, 0.717) is 19.0 Å². The van der Waals surface area contributed by atoms with E-state index in [4.69, 9.17) is 5.73 Å². The molecule has 0 bridgehead atoms. The average Bonchev–Trinajstić information content (AvgIpc) is 2.32. The molecule has 0 unspecified atom stereocenters. The zero-order valence-electron chi connectivity index (χ0n) is 11.1. The topological polar surface area (TPSA) is 58.4 Å². The SMILES string of the molecule is CCCN1CCC(NC(=O)CCCCN)CC1. The third-order valence-corrected chi connectivity index (χ3v) is 3.35. The molecule has 100 valence electrons. The summed E-state index contributed by atoms with van der Waals surface area (Å²) in [5, 5.41) is 3.13. The van der Waals surface area contributed by atoms with E-state index >= 15 is 0 Å². The Morgan fingerprint density at radius 2 is 2.06 bits per heavy atom. The number of rotatable bonds is 7. The molecule has 1 saturated heterocycles. The van der Waals surface area contributed by atoms with Crippen LogP contribution in [-0.4, -0.2) is 43.0 Å². The van der Waals surface area contributed by atoms with Crippen LogP contribution in [0.1, 0.15) is 45.4 Å². The number of nitrogens with two attached hydrogens (primary N) is 1. The molecule has 0 radical (unpaired) electrons. The van der Waals surface area contributed by atoms with Crippen molar-refractivity contribution in [2.45, 2.75) is 51.5 Å². The molecule has 0 aromatic carbocycles. The average molecular weight is 241 g/mol. The van der Waals surface area contributed by atoms with Gasteiger partial charge in [-0.2, -0.15) is 0 Å². The minimum absolute atomic E-state index is 0.201. The van der Waals surface area contributed by atoms with Gasteiger partial charge in [-0.25, -0.2) is 0 Å². The molecule has 0 saturated carbocycles. The molecular formula is C13H27N3O. The third-order valence-electron chi connectivity index (χ3n) is 3.35. The highest BCUT2D eigenvalue weighted by Crippen LogP contribution is 2.10. The normalized spacial score (nSPS) is 18.2. The zero-order valence-corrected chi connectivity index (χ0v) is 11.1. The monoisotopic (exact) mass is 241 g/mol. The van der Waals surface area contributed by atoms with Gasteiger partial charge in [0.15, 0.2) is 0 Å². The standard InChI is InChI=1S/C13H27N3O/c1-2-9-16-10-6-12(7-11-16)15-13(17)5-3-4-8-14/h12H,2-11,14H2,1H3,(H,15,17). The van der Waals surface area contributed by atoms with Crippen LogP contribution in [0.15, 0.2) is 0 Å². The van der Waals surface area contributed by atoms with Crippen molar-refractivity contribution < 1.29 is 4.79 Å². The van der Waals surface area contributed by atoms with Gasteiger partial charge in [0.25, 0.3) is 0 Å². The third kappa shape index (κ3) is 6.03. The second-order valence-corrected chi connectivity index (χ2v) is 4.93. The molecule has 0 aliphatic carbocycles. The highest BCUT2D eigenvalue weighted by atomic mass is 16.1. The summed E-state index contributed by atoms with van der Waals surface area (Å²) in [6, 6.07) is 0.397. The van der Waals surface area contributed by atoms with Crippen LogP contribution in [0.4, 0.5) is 0 Å². The van der Waals surface area contributed by atoms with Crippen molar-refractivity contribution in [1.82, 2.24) is 10.2 Å². The number of nitrogens with one attached hydrogen (secondary N) is 1. The summed E-state index contributed by atoms with van der Waals surface area (Å²) in [5.74, 6) is 0.201. The van der Waals surface area contributed by atoms with Crippen LogP contribution in [0, 0.1) is 0 Å². The van der Waals surface area contributed by atoms with Gasteiger partial charge in [-0.15, -0.1) is 0 Å². The van der Waals surface area contributed by atoms with Crippen LogP contribution in [-0.2, 0) is 4.79 Å². The first-order valence-corrected chi connectivity index (χ1v) is 6.98. The highest BCUT2D eigenvalue weighted by molar-refractivity contribution is 5.76. The summed E-state index contributed by atoms with van der Waals surface area (Å²) in [6.07, 6.45) is 5.91. The number of amides is 1. The van der Waals surface area contributed by atoms with Crippen molar-refractivity contribution in [3.8, 4) is 0 Å². The van der Waals surface area contributed by atoms with Crippen LogP contribution >= 0.6 is 0 Å². The molecule has 1 aliphatic heterocycles. The lowest BCUT2D eigenvalue weighted by molar-refractivity contribution is -0.122. The fraction of sp³-hybridized carbons (Fsp3) is 0.923. The lowest BCUT2D eigenvalue weighted by atomic mass is 10.0. The van der Waals surface area contributed by atoms with Gasteiger partial charge in [0.1, 0.15) is 0 Å². The number of nitrogens with zero attached hydrogens (tertiary/aromatic N) is 1. The molecule has 17 heavy (non-hydrogen) atoms. The molecule has 0 atom stereocenters. The molecule has 4 heteroatoms. The number of likely N-dealkylation sites (tertiary alicyclic amines) is 1. The molecule has 0 aromatic heterocycles. The fourth-order valence-electron chi connectivity index (χ4n) is 2.35. The Balaban J connectivity index is 2.10. The quantitative estimate of drug-likeness (QED) is 0.656. The zero-order chi connectivity index (χ0) is 12.5. The van der Waals surface area contributed by atoms with E-state index in [0.717, 1.165) is 38.8 Å². The van der Waals surface area contributed by atoms with Gasteiger partial charge in [0, 0.05) is 25.6 Å². The molecule has 4 nitrogen and oxygen atoms in total. The second kappa shape index (κ2) is 8.48. The molecule has 1 fully saturated rings. The van der Waals surface area contributed by atoms with Crippen molar-refractivity contribution in [3.05, 3.63) is 0 Å². The van der Waals surface area contributed by atoms with Gasteiger partial charge < -0.3 is 16.0 Å². The van der Waals surface area contributed by atoms with E-state index in [2.05, 4.69) is 17.1 Å². The summed E-state index contributed by atoms with van der Waals surface area (Å²) >= 11 is 0. The van der Waals surface area contributed by atoms with Crippen molar-refractivity contribution in [2.75, 3.05) is 26.2 Å². The molecular weight excluding hydrogens is 214 g/mol. The van der Waals surface area contributed by atoms with E-state index in [-0.39, 0.29) is 5.91 Å². The Kier molecular flexibility index (Phi) is 7.21. The van der Waals surface area contributed by atoms with Crippen LogP contribution in [0.5, 0.6) is 0 Å². The van der Waals surface area contributed by atoms with Crippen LogP contribution in [0.3, 0.4) is 0 Å². The Morgan fingerprint density at radius 3 is 2.65 bits per heavy atom. The Hall–Kier alpha value is -0.610. The summed E-state index contributed by atoms with van der Waals surface area (Å²) in [7, 11) is 0. The Morgan fingerprint density at radius 1 is 1.35 bits per heavy atom. The molecule has 0 aromatic rings. The lowest BCUT2D eigenvalue weighted by Crippen LogP contribution is -2.44. The van der Waals surface area contributed by atoms with Gasteiger partial charge in [-0.3, -0.25) is 4.79 Å². The van der Waals surface area contributed by atoms with Crippen molar-refractivity contribution in [1.29, 1.82) is 0 Å². The first-order valence-electron chi connectivity index (χ1n) is 6.98. The minimum Gasteiger partial charge on any atom is -0.353 e. The first kappa shape index (κ1) is 14.5. The molecule has 1 heterocycles. The molecule has 1 aliphatic rings. The Labute approximate surface area is 105 Å². The maximum Gasteiger partial charge on any atom is 0.220 e. The smallest absolute Gasteiger partial charge is 0.220 e. The first-order chi connectivity index (χ1) is 8.26. The van der Waals surface area contributed by atoms with Crippen LogP contribution in [0.2, 0.25) is 0 Å². The highest BCUT2D eigenvalue weighted by Gasteiger charge is 2.19. The summed E-state index contributed by atoms with van der Waals surface area (Å²) in [4.78, 5) is 14.1. The number of piperidine rings is 1. The number of hydrogen-bond acceptors (Lipinski definition) is 3. The van der Waals surface area contributed by atoms with Gasteiger partial charge in [-0.1, -0.05) is 6.92 Å². The predicted molar refractivity (Wildman–Crippen MR) is 70.8 cm³/mol. The number of unbranched alkanes of at least 4 members (excludes halogenated alkanes) is 1. The van der Waals surface area contributed by atoms with Crippen LogP contribution < -0.4 is 11.1 Å². The Bertz CT molecular complexity index is 213. The van der Waals surface area contributed by atoms with Crippen LogP contribution in [0.25, 0.3) is 0 Å². The molecule has 3 N–H and O–H groups in total. The van der Waals surface area contributed by atoms with Gasteiger partial charge in [0.2, 0.25) is 5.91 Å². The fourth-order valence-corrected chi connectivity index (χ4v) is 2.35. The van der Waals surface area contributed by atoms with E-state index in [1.54, 1.807) is 0 Å². The van der Waals surface area contributed by atoms with Gasteiger partial charge >= 0.3 is 0 Å². The predicted octanol–water partition coefficient (Wildman–Crippen LogP) is 1.11. The summed E-state index contributed by atoms with van der Waals surface area (Å²) in [6.45, 7) is 6.34. The second-order valence-electron chi connectivity index (χ2n) is 4.93. The molecule has 0 spiro atoms. The number of carbonyl (C=O) groups is 1. The largest absolute Gasteiger partial charge is 0.353 e. The maximum atomic E-state index is 11.6. The van der Waals surface area contributed by atoms with E-state index in [1.807, 2.05) is 0 Å². The van der Waals surface area contributed by atoms with Gasteiger partial charge in [0.05, 0.1) is 0 Å². The minimum atomic E-state index is 0.201.